The van der Waals surface area contributed by atoms with Gasteiger partial charge in [0.25, 0.3) is 0 Å². The van der Waals surface area contributed by atoms with Crippen molar-refractivity contribution < 1.29 is 19.7 Å². The normalized spacial score (nSPS) is 10.6. The van der Waals surface area contributed by atoms with Crippen molar-refractivity contribution in [2.24, 2.45) is 0 Å². The van der Waals surface area contributed by atoms with Gasteiger partial charge in [0.15, 0.2) is 5.78 Å². The Labute approximate surface area is 123 Å². The largest absolute Gasteiger partial charge is 0.508 e. The lowest BCUT2D eigenvalue weighted by Crippen LogP contribution is -2.07. The van der Waals surface area contributed by atoms with Gasteiger partial charge in [-0.15, -0.1) is 0 Å². The molecule has 0 aliphatic rings. The van der Waals surface area contributed by atoms with Crippen molar-refractivity contribution >= 4 is 5.78 Å². The summed E-state index contributed by atoms with van der Waals surface area (Å²) in [6.07, 6.45) is 0.443. The number of phenols is 2. The molecule has 0 saturated carbocycles. The van der Waals surface area contributed by atoms with Crippen molar-refractivity contribution in [3.8, 4) is 11.5 Å². The number of hydrogen-bond donors (Lipinski definition) is 2. The number of carbonyl (C=O) groups excluding carboxylic acids is 1. The molecule has 0 bridgehead atoms. The van der Waals surface area contributed by atoms with E-state index < -0.39 is 0 Å². The van der Waals surface area contributed by atoms with E-state index in [2.05, 4.69) is 0 Å². The van der Waals surface area contributed by atoms with E-state index in [1.54, 1.807) is 19.2 Å². The van der Waals surface area contributed by atoms with Crippen molar-refractivity contribution in [3.05, 3.63) is 58.7 Å². The Hall–Kier alpha value is -2.33. The van der Waals surface area contributed by atoms with Gasteiger partial charge in [0.1, 0.15) is 11.5 Å². The summed E-state index contributed by atoms with van der Waals surface area (Å²) in [5.74, 6) is -0.443. The summed E-state index contributed by atoms with van der Waals surface area (Å²) < 4.78 is 5.09. The Kier molecular flexibility index (Phi) is 4.60. The van der Waals surface area contributed by atoms with Gasteiger partial charge in [-0.1, -0.05) is 31.2 Å². The van der Waals surface area contributed by atoms with E-state index >= 15 is 0 Å². The molecule has 0 saturated heterocycles. The minimum absolute atomic E-state index is 0.00303. The first-order valence-corrected chi connectivity index (χ1v) is 6.75. The number of hydrogen-bond acceptors (Lipinski definition) is 4. The van der Waals surface area contributed by atoms with Crippen LogP contribution >= 0.6 is 0 Å². The van der Waals surface area contributed by atoms with Crippen LogP contribution < -0.4 is 0 Å². The highest BCUT2D eigenvalue weighted by molar-refractivity contribution is 6.11. The van der Waals surface area contributed by atoms with Gasteiger partial charge in [-0.2, -0.15) is 0 Å². The summed E-state index contributed by atoms with van der Waals surface area (Å²) in [6.45, 7) is 2.13. The third kappa shape index (κ3) is 2.90. The number of ether oxygens (including phenoxy) is 1. The van der Waals surface area contributed by atoms with E-state index in [0.29, 0.717) is 24.2 Å². The molecule has 21 heavy (non-hydrogen) atoms. The Balaban J connectivity index is 2.51. The van der Waals surface area contributed by atoms with E-state index in [9.17, 15) is 15.0 Å². The van der Waals surface area contributed by atoms with Crippen LogP contribution in [0.2, 0.25) is 0 Å². The minimum Gasteiger partial charge on any atom is -0.508 e. The van der Waals surface area contributed by atoms with Gasteiger partial charge >= 0.3 is 0 Å². The average molecular weight is 286 g/mol. The predicted molar refractivity (Wildman–Crippen MR) is 79.7 cm³/mol. The molecule has 2 rings (SSSR count). The van der Waals surface area contributed by atoms with Crippen LogP contribution in [0.1, 0.15) is 34.0 Å². The molecule has 4 nitrogen and oxygen atoms in total. The van der Waals surface area contributed by atoms with Crippen LogP contribution in [-0.2, 0) is 17.8 Å². The smallest absolute Gasteiger partial charge is 0.197 e. The second-order valence-electron chi connectivity index (χ2n) is 4.73. The van der Waals surface area contributed by atoms with Crippen LogP contribution in [0.15, 0.2) is 36.4 Å². The summed E-state index contributed by atoms with van der Waals surface area (Å²) in [5.41, 5.74) is 1.82. The molecule has 2 aromatic carbocycles. The zero-order chi connectivity index (χ0) is 15.4. The summed E-state index contributed by atoms with van der Waals surface area (Å²) in [4.78, 5) is 12.6. The molecule has 4 heteroatoms. The van der Waals surface area contributed by atoms with Crippen molar-refractivity contribution in [1.82, 2.24) is 0 Å². The molecular weight excluding hydrogens is 268 g/mol. The summed E-state index contributed by atoms with van der Waals surface area (Å²) in [7, 11) is 1.56. The predicted octanol–water partition coefficient (Wildman–Crippen LogP) is 3.04. The molecule has 0 atom stereocenters. The van der Waals surface area contributed by atoms with E-state index in [1.807, 2.05) is 19.1 Å². The molecule has 0 spiro atoms. The lowest BCUT2D eigenvalue weighted by atomic mass is 9.95. The van der Waals surface area contributed by atoms with Gasteiger partial charge in [0.2, 0.25) is 0 Å². The van der Waals surface area contributed by atoms with Crippen molar-refractivity contribution in [2.45, 2.75) is 20.0 Å². The maximum atomic E-state index is 12.6. The fourth-order valence-electron chi connectivity index (χ4n) is 2.33. The molecular formula is C17H18O4. The van der Waals surface area contributed by atoms with Crippen molar-refractivity contribution in [2.75, 3.05) is 7.11 Å². The van der Waals surface area contributed by atoms with Crippen LogP contribution in [0.3, 0.4) is 0 Å². The van der Waals surface area contributed by atoms with Crippen molar-refractivity contribution in [1.29, 1.82) is 0 Å². The number of ketones is 1. The number of methoxy groups -OCH3 is 1. The monoisotopic (exact) mass is 286 g/mol. The fraction of sp³-hybridized carbons (Fsp3) is 0.235. The van der Waals surface area contributed by atoms with Gasteiger partial charge in [-0.3, -0.25) is 4.79 Å². The highest BCUT2D eigenvalue weighted by Gasteiger charge is 2.19. The van der Waals surface area contributed by atoms with E-state index in [4.69, 9.17) is 4.74 Å². The van der Waals surface area contributed by atoms with E-state index in [0.717, 1.165) is 5.56 Å². The molecule has 0 aromatic heterocycles. The van der Waals surface area contributed by atoms with Crippen LogP contribution in [0.25, 0.3) is 0 Å². The van der Waals surface area contributed by atoms with Crippen LogP contribution in [0, 0.1) is 0 Å². The Bertz CT molecular complexity index is 662. The van der Waals surface area contributed by atoms with Gasteiger partial charge < -0.3 is 14.9 Å². The molecule has 0 unspecified atom stereocenters. The topological polar surface area (TPSA) is 66.8 Å². The fourth-order valence-corrected chi connectivity index (χ4v) is 2.33. The quantitative estimate of drug-likeness (QED) is 0.829. The van der Waals surface area contributed by atoms with Gasteiger partial charge in [-0.05, 0) is 24.1 Å². The highest BCUT2D eigenvalue weighted by Crippen LogP contribution is 2.32. The molecule has 0 amide bonds. The summed E-state index contributed by atoms with van der Waals surface area (Å²) >= 11 is 0. The minimum atomic E-state index is -0.283. The molecule has 0 heterocycles. The first-order valence-electron chi connectivity index (χ1n) is 6.75. The maximum Gasteiger partial charge on any atom is 0.197 e. The Morgan fingerprint density at radius 1 is 1.10 bits per heavy atom. The summed E-state index contributed by atoms with van der Waals surface area (Å²) in [6, 6.07) is 9.99. The van der Waals surface area contributed by atoms with Gasteiger partial charge in [0, 0.05) is 18.2 Å². The third-order valence-electron chi connectivity index (χ3n) is 3.42. The first-order chi connectivity index (χ1) is 10.1. The molecule has 0 aliphatic heterocycles. The lowest BCUT2D eigenvalue weighted by molar-refractivity contribution is 0.103. The van der Waals surface area contributed by atoms with E-state index in [-0.39, 0.29) is 22.8 Å². The molecule has 0 fully saturated rings. The zero-order valence-corrected chi connectivity index (χ0v) is 12.1. The van der Waals surface area contributed by atoms with E-state index in [1.165, 1.54) is 12.1 Å². The van der Waals surface area contributed by atoms with Crippen LogP contribution in [-0.4, -0.2) is 23.1 Å². The average Bonchev–Trinajstić information content (AvgIpc) is 2.48. The molecule has 0 aliphatic carbocycles. The van der Waals surface area contributed by atoms with Gasteiger partial charge in [0.05, 0.1) is 12.2 Å². The summed E-state index contributed by atoms with van der Waals surface area (Å²) in [5, 5.41) is 19.9. The third-order valence-corrected chi connectivity index (χ3v) is 3.42. The zero-order valence-electron chi connectivity index (χ0n) is 12.1. The first kappa shape index (κ1) is 15.1. The second-order valence-corrected chi connectivity index (χ2v) is 4.73. The number of aromatic hydroxyl groups is 2. The lowest BCUT2D eigenvalue weighted by Gasteiger charge is -2.12. The Morgan fingerprint density at radius 3 is 2.48 bits per heavy atom. The standard InChI is InChI=1S/C17H18O4/c1-3-12-15(18)9-8-14(16(12)19)17(20)13-7-5-4-6-11(13)10-21-2/h4-9,18-19H,3,10H2,1-2H3. The Morgan fingerprint density at radius 2 is 1.81 bits per heavy atom. The highest BCUT2D eigenvalue weighted by atomic mass is 16.5. The maximum absolute atomic E-state index is 12.6. The van der Waals surface area contributed by atoms with Crippen LogP contribution in [0.4, 0.5) is 0 Å². The number of rotatable bonds is 5. The number of benzene rings is 2. The molecule has 110 valence electrons. The SMILES string of the molecule is CCc1c(O)ccc(C(=O)c2ccccc2COC)c1O. The van der Waals surface area contributed by atoms with Crippen molar-refractivity contribution in [3.63, 3.8) is 0 Å². The van der Waals surface area contributed by atoms with Gasteiger partial charge in [-0.25, -0.2) is 0 Å². The number of carbonyl (C=O) groups is 1. The molecule has 0 radical (unpaired) electrons. The molecule has 2 aromatic rings. The second kappa shape index (κ2) is 6.41. The number of phenolic OH excluding ortho intramolecular Hbond substituents is 2. The molecule has 2 N–H and O–H groups in total. The van der Waals surface area contributed by atoms with Crippen LogP contribution in [0.5, 0.6) is 11.5 Å².